The van der Waals surface area contributed by atoms with Gasteiger partial charge in [-0.25, -0.2) is 0 Å². The van der Waals surface area contributed by atoms with E-state index in [1.54, 1.807) is 30.3 Å². The van der Waals surface area contributed by atoms with Crippen molar-refractivity contribution < 1.29 is 9.59 Å². The summed E-state index contributed by atoms with van der Waals surface area (Å²) >= 11 is 11.7. The molecule has 0 radical (unpaired) electrons. The van der Waals surface area contributed by atoms with Crippen molar-refractivity contribution in [3.8, 4) is 0 Å². The molecular weight excluding hydrogens is 321 g/mol. The lowest BCUT2D eigenvalue weighted by atomic mass is 10.1. The van der Waals surface area contributed by atoms with Crippen molar-refractivity contribution in [2.45, 2.75) is 6.92 Å². The number of rotatable bonds is 4. The standard InChI is InChI=1S/C17H13Cl2NO2/c1-11(21)20-14-6-2-12(3-7-14)4-9-17(22)13-5-8-15(18)16(19)10-13/h2-10H,1H3,(H,20,21)/b9-4+. The average molecular weight is 334 g/mol. The van der Waals surface area contributed by atoms with E-state index < -0.39 is 0 Å². The van der Waals surface area contributed by atoms with E-state index in [1.165, 1.54) is 19.1 Å². The first-order chi connectivity index (χ1) is 10.5. The Bertz CT molecular complexity index is 737. The van der Waals surface area contributed by atoms with E-state index in [2.05, 4.69) is 5.32 Å². The maximum absolute atomic E-state index is 12.0. The van der Waals surface area contributed by atoms with E-state index in [4.69, 9.17) is 23.2 Å². The van der Waals surface area contributed by atoms with Crippen LogP contribution in [0.2, 0.25) is 10.0 Å². The zero-order chi connectivity index (χ0) is 16.1. The summed E-state index contributed by atoms with van der Waals surface area (Å²) in [6.07, 6.45) is 3.16. The Morgan fingerprint density at radius 3 is 2.27 bits per heavy atom. The Kier molecular flexibility index (Phi) is 5.36. The Labute approximate surface area is 138 Å². The van der Waals surface area contributed by atoms with Crippen LogP contribution in [0.3, 0.4) is 0 Å². The molecule has 5 heteroatoms. The smallest absolute Gasteiger partial charge is 0.221 e. The number of allylic oxidation sites excluding steroid dienone is 1. The second kappa shape index (κ2) is 7.25. The second-order valence-corrected chi connectivity index (χ2v) is 5.44. The summed E-state index contributed by atoms with van der Waals surface area (Å²) in [6, 6.07) is 11.9. The number of anilines is 1. The highest BCUT2D eigenvalue weighted by Gasteiger charge is 2.05. The highest BCUT2D eigenvalue weighted by Crippen LogP contribution is 2.23. The summed E-state index contributed by atoms with van der Waals surface area (Å²) in [6.45, 7) is 1.45. The SMILES string of the molecule is CC(=O)Nc1ccc(/C=C/C(=O)c2ccc(Cl)c(Cl)c2)cc1. The molecule has 0 fully saturated rings. The molecule has 112 valence electrons. The van der Waals surface area contributed by atoms with E-state index in [0.29, 0.717) is 21.3 Å². The number of hydrogen-bond donors (Lipinski definition) is 1. The van der Waals surface area contributed by atoms with Gasteiger partial charge in [0.15, 0.2) is 5.78 Å². The van der Waals surface area contributed by atoms with Crippen LogP contribution < -0.4 is 5.32 Å². The number of carbonyl (C=O) groups is 2. The van der Waals surface area contributed by atoms with Crippen LogP contribution in [0.1, 0.15) is 22.8 Å². The third-order valence-electron chi connectivity index (χ3n) is 2.86. The van der Waals surface area contributed by atoms with Crippen LogP contribution in [0.5, 0.6) is 0 Å². The monoisotopic (exact) mass is 333 g/mol. The summed E-state index contributed by atoms with van der Waals surface area (Å²) in [5.41, 5.74) is 2.03. The van der Waals surface area contributed by atoms with Gasteiger partial charge in [-0.15, -0.1) is 0 Å². The minimum Gasteiger partial charge on any atom is -0.326 e. The quantitative estimate of drug-likeness (QED) is 0.642. The number of hydrogen-bond acceptors (Lipinski definition) is 2. The molecular formula is C17H13Cl2NO2. The van der Waals surface area contributed by atoms with E-state index in [0.717, 1.165) is 5.56 Å². The van der Waals surface area contributed by atoms with E-state index in [9.17, 15) is 9.59 Å². The van der Waals surface area contributed by atoms with Crippen LogP contribution in [0.25, 0.3) is 6.08 Å². The van der Waals surface area contributed by atoms with Crippen LogP contribution >= 0.6 is 23.2 Å². The lowest BCUT2D eigenvalue weighted by molar-refractivity contribution is -0.114. The Morgan fingerprint density at radius 2 is 1.68 bits per heavy atom. The minimum absolute atomic E-state index is 0.127. The topological polar surface area (TPSA) is 46.2 Å². The fraction of sp³-hybridized carbons (Fsp3) is 0.0588. The molecule has 0 saturated heterocycles. The predicted octanol–water partition coefficient (Wildman–Crippen LogP) is 4.85. The predicted molar refractivity (Wildman–Crippen MR) is 90.6 cm³/mol. The maximum atomic E-state index is 12.0. The minimum atomic E-state index is -0.162. The first-order valence-corrected chi connectivity index (χ1v) is 7.26. The molecule has 0 atom stereocenters. The van der Waals surface area contributed by atoms with Gasteiger partial charge in [-0.2, -0.15) is 0 Å². The van der Waals surface area contributed by atoms with Gasteiger partial charge in [0.25, 0.3) is 0 Å². The fourth-order valence-corrected chi connectivity index (χ4v) is 2.10. The van der Waals surface area contributed by atoms with Crippen molar-refractivity contribution in [3.63, 3.8) is 0 Å². The van der Waals surface area contributed by atoms with Crippen LogP contribution in [0.15, 0.2) is 48.5 Å². The molecule has 1 amide bonds. The fourth-order valence-electron chi connectivity index (χ4n) is 1.80. The molecule has 0 aliphatic carbocycles. The van der Waals surface area contributed by atoms with E-state index in [-0.39, 0.29) is 11.7 Å². The Hall–Kier alpha value is -2.10. The highest BCUT2D eigenvalue weighted by atomic mass is 35.5. The number of carbonyl (C=O) groups excluding carboxylic acids is 2. The van der Waals surface area contributed by atoms with Gasteiger partial charge in [-0.3, -0.25) is 9.59 Å². The largest absolute Gasteiger partial charge is 0.326 e. The molecule has 0 aromatic heterocycles. The van der Waals surface area contributed by atoms with Crippen LogP contribution in [-0.4, -0.2) is 11.7 Å². The second-order valence-electron chi connectivity index (χ2n) is 4.63. The van der Waals surface area contributed by atoms with Gasteiger partial charge in [0.05, 0.1) is 10.0 Å². The van der Waals surface area contributed by atoms with Gasteiger partial charge in [0.1, 0.15) is 0 Å². The number of benzene rings is 2. The number of nitrogens with one attached hydrogen (secondary N) is 1. The van der Waals surface area contributed by atoms with Crippen molar-refractivity contribution in [1.29, 1.82) is 0 Å². The molecule has 0 aliphatic rings. The zero-order valence-corrected chi connectivity index (χ0v) is 13.3. The molecule has 3 nitrogen and oxygen atoms in total. The van der Waals surface area contributed by atoms with Gasteiger partial charge in [0, 0.05) is 18.2 Å². The lowest BCUT2D eigenvalue weighted by Crippen LogP contribution is -2.05. The molecule has 2 aromatic carbocycles. The van der Waals surface area contributed by atoms with Gasteiger partial charge in [-0.05, 0) is 42.0 Å². The maximum Gasteiger partial charge on any atom is 0.221 e. The highest BCUT2D eigenvalue weighted by molar-refractivity contribution is 6.42. The first-order valence-electron chi connectivity index (χ1n) is 6.51. The summed E-state index contributed by atoms with van der Waals surface area (Å²) < 4.78 is 0. The van der Waals surface area contributed by atoms with Crippen molar-refractivity contribution >= 4 is 46.7 Å². The molecule has 2 aromatic rings. The first kappa shape index (κ1) is 16.3. The zero-order valence-electron chi connectivity index (χ0n) is 11.8. The summed E-state index contributed by atoms with van der Waals surface area (Å²) in [4.78, 5) is 23.0. The lowest BCUT2D eigenvalue weighted by Gasteiger charge is -2.02. The molecule has 0 heterocycles. The number of ketones is 1. The van der Waals surface area contributed by atoms with Crippen molar-refractivity contribution in [2.75, 3.05) is 5.32 Å². The van der Waals surface area contributed by atoms with Gasteiger partial charge in [-0.1, -0.05) is 41.4 Å². The van der Waals surface area contributed by atoms with Crippen molar-refractivity contribution in [3.05, 3.63) is 69.7 Å². The normalized spacial score (nSPS) is 10.7. The molecule has 0 spiro atoms. The van der Waals surface area contributed by atoms with Crippen molar-refractivity contribution in [1.82, 2.24) is 0 Å². The van der Waals surface area contributed by atoms with Gasteiger partial charge < -0.3 is 5.32 Å². The molecule has 0 saturated carbocycles. The van der Waals surface area contributed by atoms with Crippen LogP contribution in [0, 0.1) is 0 Å². The van der Waals surface area contributed by atoms with Crippen LogP contribution in [-0.2, 0) is 4.79 Å². The third kappa shape index (κ3) is 4.45. The molecule has 0 unspecified atom stereocenters. The van der Waals surface area contributed by atoms with E-state index >= 15 is 0 Å². The molecule has 0 bridgehead atoms. The summed E-state index contributed by atoms with van der Waals surface area (Å²) in [7, 11) is 0. The van der Waals surface area contributed by atoms with Crippen LogP contribution in [0.4, 0.5) is 5.69 Å². The number of halogens is 2. The molecule has 1 N–H and O–H groups in total. The average Bonchev–Trinajstić information content (AvgIpc) is 2.48. The van der Waals surface area contributed by atoms with Crippen molar-refractivity contribution in [2.24, 2.45) is 0 Å². The molecule has 22 heavy (non-hydrogen) atoms. The van der Waals surface area contributed by atoms with E-state index in [1.807, 2.05) is 12.1 Å². The molecule has 2 rings (SSSR count). The summed E-state index contributed by atoms with van der Waals surface area (Å²) in [5, 5.41) is 3.44. The Balaban J connectivity index is 2.08. The van der Waals surface area contributed by atoms with Gasteiger partial charge in [0.2, 0.25) is 5.91 Å². The molecule has 0 aliphatic heterocycles. The van der Waals surface area contributed by atoms with Gasteiger partial charge >= 0.3 is 0 Å². The third-order valence-corrected chi connectivity index (χ3v) is 3.60. The summed E-state index contributed by atoms with van der Waals surface area (Å²) in [5.74, 6) is -0.289. The Morgan fingerprint density at radius 1 is 1.00 bits per heavy atom. The number of amides is 1.